The Morgan fingerprint density at radius 3 is 1.41 bits per heavy atom. The van der Waals surface area contributed by atoms with E-state index in [1.54, 1.807) is 0 Å². The molecule has 10 rings (SSSR count). The minimum absolute atomic E-state index is 0.101. The van der Waals surface area contributed by atoms with Gasteiger partial charge < -0.3 is 59.8 Å². The van der Waals surface area contributed by atoms with E-state index in [9.17, 15) is 40.9 Å². The zero-order chi connectivity index (χ0) is 59.4. The van der Waals surface area contributed by atoms with Gasteiger partial charge >= 0.3 is 0 Å². The van der Waals surface area contributed by atoms with Crippen molar-refractivity contribution in [1.82, 2.24) is 0 Å². The predicted octanol–water partition coefficient (Wildman–Crippen LogP) is 11.5. The van der Waals surface area contributed by atoms with Crippen LogP contribution in [0, 0.1) is 105 Å². The highest BCUT2D eigenvalue weighted by Crippen LogP contribution is 2.69. The summed E-state index contributed by atoms with van der Waals surface area (Å²) in [6.07, 6.45) is 21.8. The van der Waals surface area contributed by atoms with E-state index in [4.69, 9.17) is 18.9 Å². The van der Waals surface area contributed by atoms with Gasteiger partial charge in [-0.25, -0.2) is 0 Å². The maximum Gasteiger partial charge on any atom is 0.186 e. The normalized spacial score (nSPS) is 47.8. The number of allylic oxidation sites excluding steroid dienone is 4. The molecule has 2 aliphatic heterocycles. The highest BCUT2D eigenvalue weighted by Gasteiger charge is 2.62. The van der Waals surface area contributed by atoms with Crippen LogP contribution in [0.5, 0.6) is 0 Å². The number of ether oxygens (including phenoxy) is 4. The SMILES string of the molecule is CC[C@H](/C=C/[C@@H](C)[C@H]1CC[C@H]2[C@@H]3CC=C4C[C@@H](O[C@@H]5O[C@H](CO)[C@@H](O)[C@H](O)[C@H]5O)CC[C@]4(C)[C@H]3CC[C@]12C)C(C)C.CC[C@H](CC[C@@H](C)[C@H]1CC[C@H]2[C@@H]3CC=C4C[C@@H](OC5O[C@H](CO)[C@@H](O)[C@H](O)[C@H]5O)CC[C@]4(C)[C@H]3CC[C@]12C)C(C)C. The summed E-state index contributed by atoms with van der Waals surface area (Å²) in [6.45, 7) is 28.6. The molecule has 8 aliphatic carbocycles. The molecule has 0 amide bonds. The van der Waals surface area contributed by atoms with Gasteiger partial charge in [0.2, 0.25) is 0 Å². The van der Waals surface area contributed by atoms with Gasteiger partial charge in [0.15, 0.2) is 12.6 Å². The summed E-state index contributed by atoms with van der Waals surface area (Å²) in [7, 11) is 0. The summed E-state index contributed by atoms with van der Waals surface area (Å²) in [5, 5.41) is 80.8. The van der Waals surface area contributed by atoms with E-state index in [1.165, 1.54) is 94.6 Å². The summed E-state index contributed by atoms with van der Waals surface area (Å²) in [6, 6.07) is 0. The summed E-state index contributed by atoms with van der Waals surface area (Å²) in [5.41, 5.74) is 4.29. The van der Waals surface area contributed by atoms with Gasteiger partial charge in [0.1, 0.15) is 48.8 Å². The van der Waals surface area contributed by atoms with Crippen LogP contribution in [-0.2, 0) is 18.9 Å². The fourth-order valence-electron chi connectivity index (χ4n) is 21.1. The average Bonchev–Trinajstić information content (AvgIpc) is 2.62. The van der Waals surface area contributed by atoms with Crippen molar-refractivity contribution >= 4 is 0 Å². The molecule has 28 atom stereocenters. The van der Waals surface area contributed by atoms with Crippen molar-refractivity contribution in [1.29, 1.82) is 0 Å². The molecule has 0 bridgehead atoms. The van der Waals surface area contributed by atoms with Gasteiger partial charge in [-0.1, -0.05) is 131 Å². The zero-order valence-corrected chi connectivity index (χ0v) is 53.1. The minimum atomic E-state index is -1.40. The minimum Gasteiger partial charge on any atom is -0.394 e. The van der Waals surface area contributed by atoms with Crippen LogP contribution in [0.1, 0.15) is 212 Å². The van der Waals surface area contributed by atoms with Gasteiger partial charge in [0.25, 0.3) is 0 Å². The zero-order valence-electron chi connectivity index (χ0n) is 53.1. The molecule has 0 aromatic carbocycles. The largest absolute Gasteiger partial charge is 0.394 e. The first-order valence-electron chi connectivity index (χ1n) is 33.9. The lowest BCUT2D eigenvalue weighted by molar-refractivity contribution is -0.313. The lowest BCUT2D eigenvalue weighted by Crippen LogP contribution is -2.60. The Morgan fingerprint density at radius 2 is 0.988 bits per heavy atom. The predicted molar refractivity (Wildman–Crippen MR) is 322 cm³/mol. The molecule has 0 aromatic heterocycles. The Labute approximate surface area is 496 Å². The van der Waals surface area contributed by atoms with Crippen molar-refractivity contribution in [3.63, 3.8) is 0 Å². The molecule has 82 heavy (non-hydrogen) atoms. The van der Waals surface area contributed by atoms with E-state index in [-0.39, 0.29) is 23.0 Å². The first kappa shape index (κ1) is 65.2. The van der Waals surface area contributed by atoms with Crippen LogP contribution in [0.15, 0.2) is 35.5 Å². The Morgan fingerprint density at radius 1 is 0.524 bits per heavy atom. The van der Waals surface area contributed by atoms with Gasteiger partial charge in [-0.15, -0.1) is 0 Å². The van der Waals surface area contributed by atoms with Crippen molar-refractivity contribution in [2.45, 2.75) is 285 Å². The van der Waals surface area contributed by atoms with Gasteiger partial charge in [-0.2, -0.15) is 0 Å². The van der Waals surface area contributed by atoms with Gasteiger partial charge in [-0.3, -0.25) is 0 Å². The van der Waals surface area contributed by atoms with E-state index in [2.05, 4.69) is 107 Å². The lowest BCUT2D eigenvalue weighted by atomic mass is 9.47. The molecular formula is C70H118O12. The third kappa shape index (κ3) is 12.3. The molecule has 12 heteroatoms. The molecule has 12 nitrogen and oxygen atoms in total. The van der Waals surface area contributed by atoms with Crippen LogP contribution in [0.25, 0.3) is 0 Å². The number of aliphatic hydroxyl groups is 8. The van der Waals surface area contributed by atoms with E-state index >= 15 is 0 Å². The van der Waals surface area contributed by atoms with Crippen molar-refractivity contribution in [3.8, 4) is 0 Å². The van der Waals surface area contributed by atoms with Crippen LogP contribution in [-0.4, -0.2) is 128 Å². The van der Waals surface area contributed by atoms with Crippen molar-refractivity contribution in [2.75, 3.05) is 13.2 Å². The number of hydrogen-bond acceptors (Lipinski definition) is 12. The van der Waals surface area contributed by atoms with Crippen molar-refractivity contribution in [3.05, 3.63) is 35.5 Å². The Kier molecular flexibility index (Phi) is 21.0. The molecule has 470 valence electrons. The van der Waals surface area contributed by atoms with E-state index < -0.39 is 74.6 Å². The maximum absolute atomic E-state index is 10.5. The lowest BCUT2D eigenvalue weighted by Gasteiger charge is -2.58. The molecule has 10 aliphatic rings. The highest BCUT2D eigenvalue weighted by molar-refractivity contribution is 5.27. The molecule has 0 aromatic rings. The van der Waals surface area contributed by atoms with E-state index in [0.29, 0.717) is 34.5 Å². The molecular weight excluding hydrogens is 1030 g/mol. The second kappa shape index (κ2) is 26.4. The fraction of sp³-hybridized carbons (Fsp3) is 0.914. The summed E-state index contributed by atoms with van der Waals surface area (Å²) in [4.78, 5) is 0. The highest BCUT2D eigenvalue weighted by atomic mass is 16.7. The molecule has 2 heterocycles. The Bertz CT molecular complexity index is 2180. The topological polar surface area (TPSA) is 199 Å². The van der Waals surface area contributed by atoms with Crippen LogP contribution in [0.2, 0.25) is 0 Å². The smallest absolute Gasteiger partial charge is 0.186 e. The molecule has 8 N–H and O–H groups in total. The quantitative estimate of drug-likeness (QED) is 0.0642. The first-order chi connectivity index (χ1) is 38.9. The summed E-state index contributed by atoms with van der Waals surface area (Å²) in [5.74, 6) is 10.7. The third-order valence-corrected chi connectivity index (χ3v) is 26.4. The van der Waals surface area contributed by atoms with E-state index in [1.807, 2.05) is 0 Å². The molecule has 6 saturated carbocycles. The van der Waals surface area contributed by atoms with Gasteiger partial charge in [0, 0.05) is 0 Å². The van der Waals surface area contributed by atoms with Gasteiger partial charge in [0.05, 0.1) is 25.4 Å². The van der Waals surface area contributed by atoms with Crippen molar-refractivity contribution < 1.29 is 59.8 Å². The molecule has 0 radical (unpaired) electrons. The van der Waals surface area contributed by atoms with Crippen LogP contribution < -0.4 is 0 Å². The van der Waals surface area contributed by atoms with Crippen LogP contribution >= 0.6 is 0 Å². The standard InChI is InChI=1S/C35H60O6.C35H58O6/c2*1-7-22(20(2)3)9-8-21(4)26-12-13-27-25-11-10-23-18-24(14-16-34(23,5)28(25)15-17-35(26,27)6)40-33-32(39)31(38)30(37)29(19-36)41-33/h10,20-22,24-33,36-39H,7-9,11-19H2,1-6H3;8-10,20-22,24-33,36-39H,7,11-19H2,1-6H3/b;9-8+/t21-,22-,24+,25+,26-,27+,28+,29-,30-,31+,32-,33?,34+,35-;21-,22-,24+,25+,26-,27+,28+,29-,30-,31+,32-,33-,34+,35-/m11/s1. The molecule has 8 fully saturated rings. The molecule has 0 spiro atoms. The number of rotatable bonds is 17. The first-order valence-corrected chi connectivity index (χ1v) is 33.9. The molecule has 1 unspecified atom stereocenters. The van der Waals surface area contributed by atoms with Crippen LogP contribution in [0.4, 0.5) is 0 Å². The Hall–Kier alpha value is -1.26. The number of hydrogen-bond donors (Lipinski definition) is 8. The third-order valence-electron chi connectivity index (χ3n) is 26.4. The summed E-state index contributed by atoms with van der Waals surface area (Å²) >= 11 is 0. The van der Waals surface area contributed by atoms with Crippen molar-refractivity contribution in [2.24, 2.45) is 105 Å². The van der Waals surface area contributed by atoms with Crippen LogP contribution in [0.3, 0.4) is 0 Å². The maximum atomic E-state index is 10.5. The average molecular weight is 1150 g/mol. The fourth-order valence-corrected chi connectivity index (χ4v) is 21.1. The molecule has 2 saturated heterocycles. The Balaban J connectivity index is 0.000000198. The number of fused-ring (bicyclic) bond motifs is 10. The van der Waals surface area contributed by atoms with E-state index in [0.717, 1.165) is 104 Å². The number of aliphatic hydroxyl groups excluding tert-OH is 8. The monoisotopic (exact) mass is 1150 g/mol. The second-order valence-electron chi connectivity index (χ2n) is 30.9. The summed E-state index contributed by atoms with van der Waals surface area (Å²) < 4.78 is 23.8. The van der Waals surface area contributed by atoms with Gasteiger partial charge in [-0.05, 0) is 220 Å². The second-order valence-corrected chi connectivity index (χ2v) is 30.9.